The third-order valence-corrected chi connectivity index (χ3v) is 5.98. The maximum atomic E-state index is 13.8. The van der Waals surface area contributed by atoms with Gasteiger partial charge in [-0.2, -0.15) is 0 Å². The van der Waals surface area contributed by atoms with E-state index in [0.29, 0.717) is 23.9 Å². The summed E-state index contributed by atoms with van der Waals surface area (Å²) in [6.45, 7) is 0. The minimum atomic E-state index is -1.09. The molecule has 178 valence electrons. The number of carbonyl (C=O) groups is 2. The monoisotopic (exact) mass is 470 g/mol. The number of carbonyl (C=O) groups excluding carboxylic acids is 2. The predicted octanol–water partition coefficient (Wildman–Crippen LogP) is 5.18. The van der Waals surface area contributed by atoms with Crippen LogP contribution in [0.2, 0.25) is 0 Å². The molecule has 2 N–H and O–H groups in total. The molecule has 10 heteroatoms. The number of halogens is 2. The van der Waals surface area contributed by atoms with Crippen LogP contribution in [0.3, 0.4) is 0 Å². The first-order valence-electron chi connectivity index (χ1n) is 11.0. The van der Waals surface area contributed by atoms with Gasteiger partial charge in [-0.15, -0.1) is 5.10 Å². The van der Waals surface area contributed by atoms with E-state index < -0.39 is 17.5 Å². The van der Waals surface area contributed by atoms with Crippen LogP contribution in [0.15, 0.2) is 46.9 Å². The van der Waals surface area contributed by atoms with E-state index in [9.17, 15) is 18.4 Å². The molecule has 1 amide bonds. The number of hydrogen-bond donors (Lipinski definition) is 2. The lowest BCUT2D eigenvalue weighted by Gasteiger charge is -2.28. The normalized spacial score (nSPS) is 17.7. The van der Waals surface area contributed by atoms with E-state index in [2.05, 4.69) is 20.8 Å². The highest BCUT2D eigenvalue weighted by atomic mass is 19.2. The van der Waals surface area contributed by atoms with Gasteiger partial charge >= 0.3 is 23.8 Å². The molecule has 1 aliphatic rings. The Kier molecular flexibility index (Phi) is 7.15. The Hall–Kier alpha value is -3.82. The van der Waals surface area contributed by atoms with Crippen LogP contribution in [-0.4, -0.2) is 29.2 Å². The molecule has 1 heterocycles. The maximum absolute atomic E-state index is 13.8. The Bertz CT molecular complexity index is 1160. The number of anilines is 3. The topological polar surface area (TPSA) is 106 Å². The summed E-state index contributed by atoms with van der Waals surface area (Å²) in [7, 11) is 1.41. The average molecular weight is 470 g/mol. The van der Waals surface area contributed by atoms with Gasteiger partial charge < -0.3 is 19.8 Å². The second kappa shape index (κ2) is 10.4. The molecule has 1 aliphatic carbocycles. The van der Waals surface area contributed by atoms with Crippen LogP contribution >= 0.6 is 0 Å². The molecule has 2 aromatic carbocycles. The third-order valence-electron chi connectivity index (χ3n) is 5.98. The van der Waals surface area contributed by atoms with Crippen molar-refractivity contribution >= 4 is 29.3 Å². The van der Waals surface area contributed by atoms with E-state index in [4.69, 9.17) is 9.15 Å². The van der Waals surface area contributed by atoms with Crippen molar-refractivity contribution in [3.8, 4) is 0 Å². The van der Waals surface area contributed by atoms with Gasteiger partial charge in [0.15, 0.2) is 11.6 Å². The highest BCUT2D eigenvalue weighted by molar-refractivity contribution is 6.00. The van der Waals surface area contributed by atoms with Gasteiger partial charge in [0.2, 0.25) is 0 Å². The van der Waals surface area contributed by atoms with Crippen molar-refractivity contribution in [3.05, 3.63) is 65.6 Å². The van der Waals surface area contributed by atoms with Gasteiger partial charge in [-0.1, -0.05) is 23.3 Å². The molecule has 0 atom stereocenters. The van der Waals surface area contributed by atoms with E-state index in [1.165, 1.54) is 24.8 Å². The number of methoxy groups -OCH3 is 1. The van der Waals surface area contributed by atoms with Gasteiger partial charge in [0.1, 0.15) is 0 Å². The Labute approximate surface area is 194 Å². The minimum Gasteiger partial charge on any atom is -0.469 e. The first-order chi connectivity index (χ1) is 16.4. The summed E-state index contributed by atoms with van der Waals surface area (Å²) in [4.78, 5) is 23.9. The lowest BCUT2D eigenvalue weighted by molar-refractivity contribution is -0.142. The first-order valence-corrected chi connectivity index (χ1v) is 11.0. The molecule has 0 unspecified atom stereocenters. The van der Waals surface area contributed by atoms with E-state index in [1.54, 1.807) is 12.1 Å². The number of aromatic nitrogens is 2. The molecular weight excluding hydrogens is 446 g/mol. The average Bonchev–Trinajstić information content (AvgIpc) is 3.32. The molecule has 1 aromatic heterocycles. The summed E-state index contributed by atoms with van der Waals surface area (Å²) in [5.74, 6) is -2.46. The number of hydrogen-bond acceptors (Lipinski definition) is 7. The Morgan fingerprint density at radius 3 is 2.50 bits per heavy atom. The number of benzene rings is 2. The van der Waals surface area contributed by atoms with Gasteiger partial charge in [0.05, 0.1) is 12.8 Å². The lowest BCUT2D eigenvalue weighted by atomic mass is 9.77. The number of nitrogens with one attached hydrogen (secondary N) is 2. The molecule has 1 fully saturated rings. The van der Waals surface area contributed by atoms with Crippen LogP contribution in [0.4, 0.5) is 26.2 Å². The number of nitrogens with zero attached hydrogens (tertiary/aromatic N) is 2. The van der Waals surface area contributed by atoms with Crippen molar-refractivity contribution in [3.63, 3.8) is 0 Å². The summed E-state index contributed by atoms with van der Waals surface area (Å²) < 4.78 is 37.1. The van der Waals surface area contributed by atoms with Gasteiger partial charge in [-0.25, -0.2) is 8.78 Å². The smallest absolute Gasteiger partial charge is 0.320 e. The molecule has 0 radical (unpaired) electrons. The summed E-state index contributed by atoms with van der Waals surface area (Å²) >= 11 is 0. The molecule has 0 aliphatic heterocycles. The first kappa shape index (κ1) is 23.3. The molecule has 0 spiro atoms. The van der Waals surface area contributed by atoms with Crippen LogP contribution in [0, 0.1) is 17.6 Å². The zero-order valence-electron chi connectivity index (χ0n) is 18.5. The van der Waals surface area contributed by atoms with E-state index in [1.807, 2.05) is 12.1 Å². The van der Waals surface area contributed by atoms with Gasteiger partial charge in [0.25, 0.3) is 0 Å². The van der Waals surface area contributed by atoms with Gasteiger partial charge in [-0.3, -0.25) is 9.59 Å². The molecule has 1 saturated carbocycles. The fourth-order valence-electron chi connectivity index (χ4n) is 4.12. The van der Waals surface area contributed by atoms with Crippen molar-refractivity contribution < 1.29 is 27.5 Å². The molecule has 34 heavy (non-hydrogen) atoms. The van der Waals surface area contributed by atoms with E-state index >= 15 is 0 Å². The summed E-state index contributed by atoms with van der Waals surface area (Å²) in [6, 6.07) is 10.9. The molecule has 3 aromatic rings. The standard InChI is InChI=1S/C24H24F2N4O4/c1-33-20(31)13-14-5-7-15(8-6-14)16-9-11-17(12-10-16)27-22(32)23-29-30-24(34-23)28-19-4-2-3-18(25)21(19)26/h2-4,9-12,14-15H,5-8,13H2,1H3,(H,27,32)(H,28,30). The van der Waals surface area contributed by atoms with Gasteiger partial charge in [0, 0.05) is 12.1 Å². The molecule has 4 rings (SSSR count). The molecule has 0 saturated heterocycles. The number of amides is 1. The Balaban J connectivity index is 1.31. The quantitative estimate of drug-likeness (QED) is 0.458. The van der Waals surface area contributed by atoms with Crippen LogP contribution in [0.1, 0.15) is 54.3 Å². The van der Waals surface area contributed by atoms with Crippen molar-refractivity contribution in [2.75, 3.05) is 17.7 Å². The van der Waals surface area contributed by atoms with Crippen LogP contribution in [-0.2, 0) is 9.53 Å². The SMILES string of the molecule is COC(=O)CC1CCC(c2ccc(NC(=O)c3nnc(Nc4cccc(F)c4F)o3)cc2)CC1. The van der Waals surface area contributed by atoms with Crippen LogP contribution in [0.25, 0.3) is 0 Å². The number of rotatable bonds is 7. The highest BCUT2D eigenvalue weighted by Crippen LogP contribution is 2.37. The number of ether oxygens (including phenoxy) is 1. The zero-order chi connectivity index (χ0) is 24.1. The van der Waals surface area contributed by atoms with Crippen molar-refractivity contribution in [2.45, 2.75) is 38.0 Å². The fourth-order valence-corrected chi connectivity index (χ4v) is 4.12. The van der Waals surface area contributed by atoms with E-state index in [0.717, 1.165) is 31.7 Å². The summed E-state index contributed by atoms with van der Waals surface area (Å²) in [5.41, 5.74) is 1.54. The summed E-state index contributed by atoms with van der Waals surface area (Å²) in [6.07, 6.45) is 4.42. The Morgan fingerprint density at radius 2 is 1.79 bits per heavy atom. The predicted molar refractivity (Wildman–Crippen MR) is 120 cm³/mol. The highest BCUT2D eigenvalue weighted by Gasteiger charge is 2.24. The maximum Gasteiger partial charge on any atom is 0.320 e. The molecule has 0 bridgehead atoms. The van der Waals surface area contributed by atoms with E-state index in [-0.39, 0.29) is 23.6 Å². The van der Waals surface area contributed by atoms with Crippen molar-refractivity contribution in [2.24, 2.45) is 5.92 Å². The van der Waals surface area contributed by atoms with Crippen LogP contribution in [0.5, 0.6) is 0 Å². The fraction of sp³-hybridized carbons (Fsp3) is 0.333. The largest absolute Gasteiger partial charge is 0.469 e. The minimum absolute atomic E-state index is 0.159. The third kappa shape index (κ3) is 5.56. The molecule has 8 nitrogen and oxygen atoms in total. The summed E-state index contributed by atoms with van der Waals surface area (Å²) in [5, 5.41) is 12.4. The second-order valence-corrected chi connectivity index (χ2v) is 8.21. The van der Waals surface area contributed by atoms with Crippen LogP contribution < -0.4 is 10.6 Å². The van der Waals surface area contributed by atoms with Crippen molar-refractivity contribution in [1.82, 2.24) is 10.2 Å². The van der Waals surface area contributed by atoms with Crippen molar-refractivity contribution in [1.29, 1.82) is 0 Å². The molecular formula is C24H24F2N4O4. The van der Waals surface area contributed by atoms with Gasteiger partial charge in [-0.05, 0) is 67.3 Å². The second-order valence-electron chi connectivity index (χ2n) is 8.21. The Morgan fingerprint density at radius 1 is 1.06 bits per heavy atom. The zero-order valence-corrected chi connectivity index (χ0v) is 18.5. The number of esters is 1. The lowest BCUT2D eigenvalue weighted by Crippen LogP contribution is -2.17.